The fraction of sp³-hybridized carbons (Fsp3) is 0.571. The van der Waals surface area contributed by atoms with Gasteiger partial charge in [-0.15, -0.1) is 11.3 Å². The van der Waals surface area contributed by atoms with Gasteiger partial charge >= 0.3 is 0 Å². The highest BCUT2D eigenvalue weighted by atomic mass is 32.2. The van der Waals surface area contributed by atoms with E-state index in [9.17, 15) is 8.42 Å². The molecule has 1 saturated heterocycles. The highest BCUT2D eigenvalue weighted by Gasteiger charge is 2.33. The van der Waals surface area contributed by atoms with Gasteiger partial charge in [-0.2, -0.15) is 0 Å². The molecule has 0 aromatic carbocycles. The zero-order chi connectivity index (χ0) is 14.6. The Kier molecular flexibility index (Phi) is 2.97. The van der Waals surface area contributed by atoms with Crippen molar-refractivity contribution in [3.05, 3.63) is 16.8 Å². The lowest BCUT2D eigenvalue weighted by atomic mass is 10.1. The summed E-state index contributed by atoms with van der Waals surface area (Å²) in [4.78, 5) is 13.4. The summed E-state index contributed by atoms with van der Waals surface area (Å²) in [6, 6.07) is 0.0325. The number of aromatic nitrogens is 2. The Bertz CT molecular complexity index is 813. The molecule has 1 aliphatic carbocycles. The summed E-state index contributed by atoms with van der Waals surface area (Å²) in [7, 11) is -0.918. The van der Waals surface area contributed by atoms with Crippen molar-refractivity contribution in [1.29, 1.82) is 0 Å². The molecule has 2 aromatic heterocycles. The van der Waals surface area contributed by atoms with Crippen molar-refractivity contribution in [3.63, 3.8) is 0 Å². The van der Waals surface area contributed by atoms with Crippen LogP contribution in [0.5, 0.6) is 0 Å². The van der Waals surface area contributed by atoms with Gasteiger partial charge in [-0.3, -0.25) is 0 Å². The molecule has 0 unspecified atom stereocenters. The molecular formula is C14H17N3O2S2. The van der Waals surface area contributed by atoms with Crippen LogP contribution in [0.25, 0.3) is 10.2 Å². The summed E-state index contributed by atoms with van der Waals surface area (Å²) in [5.74, 6) is 1.43. The minimum Gasteiger partial charge on any atom is -0.355 e. The standard InChI is InChI=1S/C14H17N3O2S2/c1-17(9-5-6-21(18,19)7-9)13-12-10-3-2-4-11(10)20-14(12)16-8-15-13/h8-9H,2-7H2,1H3/t9-/m1/s1. The summed E-state index contributed by atoms with van der Waals surface area (Å²) >= 11 is 1.76. The number of hydrogen-bond acceptors (Lipinski definition) is 6. The summed E-state index contributed by atoms with van der Waals surface area (Å²) in [6.45, 7) is 0. The largest absolute Gasteiger partial charge is 0.355 e. The fourth-order valence-corrected chi connectivity index (χ4v) is 6.43. The van der Waals surface area contributed by atoms with Crippen LogP contribution >= 0.6 is 11.3 Å². The first-order chi connectivity index (χ1) is 10.1. The molecule has 1 fully saturated rings. The summed E-state index contributed by atoms with van der Waals surface area (Å²) in [6.07, 6.45) is 5.72. The van der Waals surface area contributed by atoms with Gasteiger partial charge in [0.05, 0.1) is 16.9 Å². The van der Waals surface area contributed by atoms with E-state index in [1.165, 1.54) is 16.9 Å². The molecule has 1 aliphatic heterocycles. The molecule has 112 valence electrons. The Morgan fingerprint density at radius 3 is 2.95 bits per heavy atom. The zero-order valence-corrected chi connectivity index (χ0v) is 13.5. The highest BCUT2D eigenvalue weighted by molar-refractivity contribution is 7.91. The summed E-state index contributed by atoms with van der Waals surface area (Å²) in [5, 5.41) is 1.15. The SMILES string of the molecule is CN(c1ncnc2sc3c(c12)CCC3)[C@@H]1CCS(=O)(=O)C1. The van der Waals surface area contributed by atoms with Gasteiger partial charge in [-0.1, -0.05) is 0 Å². The van der Waals surface area contributed by atoms with Gasteiger partial charge in [-0.25, -0.2) is 18.4 Å². The van der Waals surface area contributed by atoms with E-state index in [0.717, 1.165) is 28.9 Å². The first-order valence-corrected chi connectivity index (χ1v) is 9.87. The summed E-state index contributed by atoms with van der Waals surface area (Å²) < 4.78 is 23.4. The van der Waals surface area contributed by atoms with Crippen molar-refractivity contribution in [2.45, 2.75) is 31.7 Å². The predicted octanol–water partition coefficient (Wildman–Crippen LogP) is 1.80. The molecule has 0 saturated carbocycles. The molecule has 0 radical (unpaired) electrons. The third-order valence-corrected chi connectivity index (χ3v) is 7.52. The van der Waals surface area contributed by atoms with Crippen LogP contribution in [0.4, 0.5) is 5.82 Å². The number of anilines is 1. The fourth-order valence-electron chi connectivity index (χ4n) is 3.43. The zero-order valence-electron chi connectivity index (χ0n) is 11.9. The number of nitrogens with zero attached hydrogens (tertiary/aromatic N) is 3. The molecule has 2 aliphatic rings. The van der Waals surface area contributed by atoms with Crippen molar-refractivity contribution in [2.75, 3.05) is 23.5 Å². The van der Waals surface area contributed by atoms with Gasteiger partial charge < -0.3 is 4.90 Å². The number of thiophene rings is 1. The van der Waals surface area contributed by atoms with E-state index in [2.05, 4.69) is 14.9 Å². The first-order valence-electron chi connectivity index (χ1n) is 7.24. The molecule has 7 heteroatoms. The molecule has 3 heterocycles. The molecule has 0 bridgehead atoms. The van der Waals surface area contributed by atoms with Crippen LogP contribution in [0, 0.1) is 0 Å². The van der Waals surface area contributed by atoms with E-state index in [1.54, 1.807) is 17.7 Å². The first kappa shape index (κ1) is 13.5. The Morgan fingerprint density at radius 2 is 2.19 bits per heavy atom. The van der Waals surface area contributed by atoms with Gasteiger partial charge in [-0.05, 0) is 31.2 Å². The van der Waals surface area contributed by atoms with Crippen molar-refractivity contribution in [3.8, 4) is 0 Å². The lowest BCUT2D eigenvalue weighted by Gasteiger charge is -2.25. The minimum absolute atomic E-state index is 0.0325. The number of sulfone groups is 1. The van der Waals surface area contributed by atoms with Crippen LogP contribution in [0.2, 0.25) is 0 Å². The van der Waals surface area contributed by atoms with Crippen molar-refractivity contribution in [1.82, 2.24) is 9.97 Å². The molecule has 0 N–H and O–H groups in total. The average molecular weight is 323 g/mol. The number of hydrogen-bond donors (Lipinski definition) is 0. The topological polar surface area (TPSA) is 63.2 Å². The second-order valence-corrected chi connectivity index (χ2v) is 9.21. The average Bonchev–Trinajstić information content (AvgIpc) is 3.10. The molecule has 2 aromatic rings. The second kappa shape index (κ2) is 4.64. The molecule has 1 atom stereocenters. The van der Waals surface area contributed by atoms with Gasteiger partial charge in [0.25, 0.3) is 0 Å². The van der Waals surface area contributed by atoms with Crippen LogP contribution in [-0.4, -0.2) is 43.0 Å². The van der Waals surface area contributed by atoms with Gasteiger partial charge in [0.2, 0.25) is 0 Å². The lowest BCUT2D eigenvalue weighted by Crippen LogP contribution is -2.33. The maximum Gasteiger partial charge on any atom is 0.152 e. The van der Waals surface area contributed by atoms with Gasteiger partial charge in [0, 0.05) is 18.0 Å². The van der Waals surface area contributed by atoms with E-state index >= 15 is 0 Å². The predicted molar refractivity (Wildman–Crippen MR) is 84.9 cm³/mol. The van der Waals surface area contributed by atoms with Gasteiger partial charge in [0.15, 0.2) is 9.84 Å². The number of rotatable bonds is 2. The van der Waals surface area contributed by atoms with Crippen molar-refractivity contribution >= 4 is 37.2 Å². The van der Waals surface area contributed by atoms with E-state index < -0.39 is 9.84 Å². The molecule has 0 spiro atoms. The van der Waals surface area contributed by atoms with Crippen LogP contribution in [0.15, 0.2) is 6.33 Å². The van der Waals surface area contributed by atoms with Crippen molar-refractivity contribution in [2.24, 2.45) is 0 Å². The maximum absolute atomic E-state index is 11.7. The molecular weight excluding hydrogens is 306 g/mol. The smallest absolute Gasteiger partial charge is 0.152 e. The van der Waals surface area contributed by atoms with Crippen LogP contribution in [0.1, 0.15) is 23.3 Å². The number of aryl methyl sites for hydroxylation is 2. The normalized spacial score (nSPS) is 23.6. The van der Waals surface area contributed by atoms with E-state index in [0.29, 0.717) is 6.42 Å². The lowest BCUT2D eigenvalue weighted by molar-refractivity contribution is 0.600. The Labute approximate surface area is 127 Å². The second-order valence-electron chi connectivity index (χ2n) is 5.90. The molecule has 21 heavy (non-hydrogen) atoms. The third-order valence-electron chi connectivity index (χ3n) is 4.57. The Morgan fingerprint density at radius 1 is 1.33 bits per heavy atom. The van der Waals surface area contributed by atoms with Crippen LogP contribution in [-0.2, 0) is 22.7 Å². The minimum atomic E-state index is -2.88. The maximum atomic E-state index is 11.7. The quantitative estimate of drug-likeness (QED) is 0.843. The monoisotopic (exact) mass is 323 g/mol. The molecule has 0 amide bonds. The van der Waals surface area contributed by atoms with Crippen LogP contribution in [0.3, 0.4) is 0 Å². The highest BCUT2D eigenvalue weighted by Crippen LogP contribution is 2.40. The number of fused-ring (bicyclic) bond motifs is 3. The third kappa shape index (κ3) is 2.14. The van der Waals surface area contributed by atoms with E-state index in [-0.39, 0.29) is 17.5 Å². The Hall–Kier alpha value is -1.21. The summed E-state index contributed by atoms with van der Waals surface area (Å²) in [5.41, 5.74) is 1.39. The van der Waals surface area contributed by atoms with E-state index in [4.69, 9.17) is 0 Å². The van der Waals surface area contributed by atoms with Crippen molar-refractivity contribution < 1.29 is 8.42 Å². The Balaban J connectivity index is 1.80. The van der Waals surface area contributed by atoms with E-state index in [1.807, 2.05) is 7.05 Å². The molecule has 4 rings (SSSR count). The van der Waals surface area contributed by atoms with Gasteiger partial charge in [0.1, 0.15) is 17.0 Å². The molecule has 5 nitrogen and oxygen atoms in total. The van der Waals surface area contributed by atoms with Crippen LogP contribution < -0.4 is 4.90 Å².